The highest BCUT2D eigenvalue weighted by Crippen LogP contribution is 2.15. The number of anilines is 2. The molecule has 2 N–H and O–H groups in total. The molecule has 0 amide bonds. The predicted molar refractivity (Wildman–Crippen MR) is 108 cm³/mol. The summed E-state index contributed by atoms with van der Waals surface area (Å²) in [5.74, 6) is 0.640. The molecule has 0 radical (unpaired) electrons. The van der Waals surface area contributed by atoms with E-state index < -0.39 is 0 Å². The number of rotatable bonds is 7. The first-order valence-corrected chi connectivity index (χ1v) is 9.27. The number of nitrogens with zero attached hydrogens (tertiary/aromatic N) is 3. The first-order valence-electron chi connectivity index (χ1n) is 8.52. The fourth-order valence-corrected chi connectivity index (χ4v) is 2.64. The lowest BCUT2D eigenvalue weighted by molar-refractivity contribution is 0.0895. The van der Waals surface area contributed by atoms with Crippen molar-refractivity contribution in [3.8, 4) is 0 Å². The third-order valence-electron chi connectivity index (χ3n) is 3.87. The van der Waals surface area contributed by atoms with Crippen molar-refractivity contribution in [2.24, 2.45) is 0 Å². The number of nitrogens with one attached hydrogen (secondary N) is 2. The van der Waals surface area contributed by atoms with Gasteiger partial charge in [0.05, 0.1) is 0 Å². The van der Waals surface area contributed by atoms with Crippen LogP contribution in [0.4, 0.5) is 11.9 Å². The van der Waals surface area contributed by atoms with Crippen LogP contribution >= 0.6 is 23.2 Å². The molecule has 3 rings (SSSR count). The summed E-state index contributed by atoms with van der Waals surface area (Å²) in [5.41, 5.74) is 2.06. The number of aromatic nitrogens is 3. The second kappa shape index (κ2) is 8.88. The topological polar surface area (TPSA) is 71.8 Å². The molecule has 1 heterocycles. The average molecular weight is 404 g/mol. The van der Waals surface area contributed by atoms with Gasteiger partial charge in [-0.3, -0.25) is 4.79 Å². The van der Waals surface area contributed by atoms with Crippen LogP contribution in [0.5, 0.6) is 0 Å². The Hall–Kier alpha value is -2.57. The summed E-state index contributed by atoms with van der Waals surface area (Å²) in [6, 6.07) is 15.0. The van der Waals surface area contributed by atoms with E-state index in [-0.39, 0.29) is 5.91 Å². The standard InChI is InChI=1S/C19H19Cl2N5O/c1-2-17(27)26-19(23-12-14-5-9-16(21)10-6-14)24-18(25-26)22-11-13-3-7-15(20)8-4-13/h3-10H,2,11-12H2,1H3,(H2,22,23,24,25). The SMILES string of the molecule is CCC(=O)n1nc(NCc2ccc(Cl)cc2)nc1NCc1ccc(Cl)cc1. The summed E-state index contributed by atoms with van der Waals surface area (Å²) >= 11 is 11.8. The van der Waals surface area contributed by atoms with E-state index in [9.17, 15) is 4.79 Å². The first kappa shape index (κ1) is 19.2. The van der Waals surface area contributed by atoms with E-state index in [0.717, 1.165) is 11.1 Å². The summed E-state index contributed by atoms with van der Waals surface area (Å²) in [6.45, 7) is 2.81. The van der Waals surface area contributed by atoms with Crippen LogP contribution in [0, 0.1) is 0 Å². The molecule has 0 unspecified atom stereocenters. The Morgan fingerprint density at radius 1 is 0.926 bits per heavy atom. The Morgan fingerprint density at radius 2 is 1.44 bits per heavy atom. The molecule has 0 saturated heterocycles. The highest BCUT2D eigenvalue weighted by Gasteiger charge is 2.14. The van der Waals surface area contributed by atoms with Crippen molar-refractivity contribution in [3.63, 3.8) is 0 Å². The zero-order chi connectivity index (χ0) is 19.2. The van der Waals surface area contributed by atoms with E-state index in [0.29, 0.717) is 41.5 Å². The number of hydrogen-bond donors (Lipinski definition) is 2. The van der Waals surface area contributed by atoms with E-state index in [1.54, 1.807) is 6.92 Å². The maximum Gasteiger partial charge on any atom is 0.249 e. The minimum absolute atomic E-state index is 0.138. The van der Waals surface area contributed by atoms with E-state index >= 15 is 0 Å². The highest BCUT2D eigenvalue weighted by atomic mass is 35.5. The molecule has 0 saturated carbocycles. The zero-order valence-corrected chi connectivity index (χ0v) is 16.3. The lowest BCUT2D eigenvalue weighted by atomic mass is 10.2. The normalized spacial score (nSPS) is 10.6. The molecule has 27 heavy (non-hydrogen) atoms. The fourth-order valence-electron chi connectivity index (χ4n) is 2.39. The molecule has 8 heteroatoms. The quantitative estimate of drug-likeness (QED) is 0.589. The van der Waals surface area contributed by atoms with Crippen LogP contribution < -0.4 is 10.6 Å². The van der Waals surface area contributed by atoms with Crippen molar-refractivity contribution in [3.05, 3.63) is 69.7 Å². The van der Waals surface area contributed by atoms with Crippen LogP contribution in [0.2, 0.25) is 10.0 Å². The lowest BCUT2D eigenvalue weighted by Gasteiger charge is -2.06. The van der Waals surface area contributed by atoms with Gasteiger partial charge in [-0.25, -0.2) is 0 Å². The molecule has 0 aliphatic carbocycles. The van der Waals surface area contributed by atoms with Gasteiger partial charge in [-0.15, -0.1) is 5.10 Å². The Kier molecular flexibility index (Phi) is 6.32. The Morgan fingerprint density at radius 3 is 1.96 bits per heavy atom. The van der Waals surface area contributed by atoms with Gasteiger partial charge < -0.3 is 10.6 Å². The predicted octanol–water partition coefficient (Wildman–Crippen LogP) is 4.86. The van der Waals surface area contributed by atoms with Crippen molar-refractivity contribution in [2.75, 3.05) is 10.6 Å². The van der Waals surface area contributed by atoms with Crippen LogP contribution in [0.25, 0.3) is 0 Å². The van der Waals surface area contributed by atoms with Crippen LogP contribution in [0.1, 0.15) is 29.3 Å². The second-order valence-corrected chi connectivity index (χ2v) is 6.75. The summed E-state index contributed by atoms with van der Waals surface area (Å²) in [5, 5.41) is 11.9. The van der Waals surface area contributed by atoms with Gasteiger partial charge in [0, 0.05) is 29.6 Å². The molecule has 1 aromatic heterocycles. The van der Waals surface area contributed by atoms with E-state index in [2.05, 4.69) is 20.7 Å². The maximum atomic E-state index is 12.2. The molecular formula is C19H19Cl2N5O. The van der Waals surface area contributed by atoms with Crippen molar-refractivity contribution in [2.45, 2.75) is 26.4 Å². The largest absolute Gasteiger partial charge is 0.350 e. The molecular weight excluding hydrogens is 385 g/mol. The van der Waals surface area contributed by atoms with E-state index in [1.165, 1.54) is 4.68 Å². The molecule has 0 bridgehead atoms. The summed E-state index contributed by atoms with van der Waals surface area (Å²) in [7, 11) is 0. The van der Waals surface area contributed by atoms with Gasteiger partial charge in [0.1, 0.15) is 0 Å². The molecule has 0 spiro atoms. The summed E-state index contributed by atoms with van der Waals surface area (Å²) in [4.78, 5) is 16.6. The van der Waals surface area contributed by atoms with Crippen molar-refractivity contribution >= 4 is 41.0 Å². The number of carbonyl (C=O) groups excluding carboxylic acids is 1. The molecule has 3 aromatic rings. The Labute approximate surface area is 167 Å². The molecule has 0 fully saturated rings. The minimum Gasteiger partial charge on any atom is -0.350 e. The van der Waals surface area contributed by atoms with Crippen LogP contribution in [0.15, 0.2) is 48.5 Å². The molecule has 6 nitrogen and oxygen atoms in total. The van der Waals surface area contributed by atoms with Crippen molar-refractivity contribution in [1.29, 1.82) is 0 Å². The van der Waals surface area contributed by atoms with E-state index in [1.807, 2.05) is 48.5 Å². The van der Waals surface area contributed by atoms with Crippen molar-refractivity contribution < 1.29 is 4.79 Å². The lowest BCUT2D eigenvalue weighted by Crippen LogP contribution is -2.15. The number of hydrogen-bond acceptors (Lipinski definition) is 5. The third-order valence-corrected chi connectivity index (χ3v) is 4.38. The van der Waals surface area contributed by atoms with Gasteiger partial charge in [-0.1, -0.05) is 54.4 Å². The molecule has 2 aromatic carbocycles. The minimum atomic E-state index is -0.138. The van der Waals surface area contributed by atoms with Gasteiger partial charge in [0.2, 0.25) is 17.8 Å². The number of carbonyl (C=O) groups is 1. The van der Waals surface area contributed by atoms with Crippen LogP contribution in [0.3, 0.4) is 0 Å². The van der Waals surface area contributed by atoms with Crippen LogP contribution in [-0.4, -0.2) is 20.7 Å². The van der Waals surface area contributed by atoms with Gasteiger partial charge in [0.25, 0.3) is 0 Å². The van der Waals surface area contributed by atoms with Gasteiger partial charge in [0.15, 0.2) is 0 Å². The Bertz CT molecular complexity index is 907. The third kappa shape index (κ3) is 5.21. The first-order chi connectivity index (χ1) is 13.0. The monoisotopic (exact) mass is 403 g/mol. The molecule has 0 atom stereocenters. The second-order valence-electron chi connectivity index (χ2n) is 5.88. The highest BCUT2D eigenvalue weighted by molar-refractivity contribution is 6.30. The van der Waals surface area contributed by atoms with Crippen LogP contribution in [-0.2, 0) is 13.1 Å². The molecule has 0 aliphatic rings. The van der Waals surface area contributed by atoms with Gasteiger partial charge >= 0.3 is 0 Å². The average Bonchev–Trinajstić information content (AvgIpc) is 3.10. The summed E-state index contributed by atoms with van der Waals surface area (Å²) in [6.07, 6.45) is 0.329. The zero-order valence-electron chi connectivity index (χ0n) is 14.7. The molecule has 140 valence electrons. The fraction of sp³-hybridized carbons (Fsp3) is 0.211. The Balaban J connectivity index is 1.70. The van der Waals surface area contributed by atoms with E-state index in [4.69, 9.17) is 23.2 Å². The number of halogens is 2. The van der Waals surface area contributed by atoms with Gasteiger partial charge in [-0.05, 0) is 35.4 Å². The number of benzene rings is 2. The smallest absolute Gasteiger partial charge is 0.249 e. The van der Waals surface area contributed by atoms with Crippen molar-refractivity contribution in [1.82, 2.24) is 14.8 Å². The maximum absolute atomic E-state index is 12.2. The summed E-state index contributed by atoms with van der Waals surface area (Å²) < 4.78 is 1.29. The molecule has 0 aliphatic heterocycles. The van der Waals surface area contributed by atoms with Gasteiger partial charge in [-0.2, -0.15) is 9.67 Å².